The Morgan fingerprint density at radius 1 is 1.03 bits per heavy atom. The smallest absolute Gasteiger partial charge is 0.328 e. The van der Waals surface area contributed by atoms with Gasteiger partial charge in [-0.15, -0.1) is 0 Å². The van der Waals surface area contributed by atoms with E-state index in [0.29, 0.717) is 25.3 Å². The van der Waals surface area contributed by atoms with Crippen molar-refractivity contribution >= 4 is 28.9 Å². The molecule has 11 nitrogen and oxygen atoms in total. The van der Waals surface area contributed by atoms with E-state index < -0.39 is 11.9 Å². The first-order valence-corrected chi connectivity index (χ1v) is 11.1. The summed E-state index contributed by atoms with van der Waals surface area (Å²) in [5.74, 6) is -1.97. The van der Waals surface area contributed by atoms with Crippen molar-refractivity contribution in [1.29, 1.82) is 0 Å². The first kappa shape index (κ1) is 28.0. The van der Waals surface area contributed by atoms with Gasteiger partial charge in [0.15, 0.2) is 5.65 Å². The summed E-state index contributed by atoms with van der Waals surface area (Å²) in [7, 11) is 4.11. The zero-order valence-corrected chi connectivity index (χ0v) is 20.5. The third kappa shape index (κ3) is 9.55. The topological polar surface area (TPSA) is 144 Å². The van der Waals surface area contributed by atoms with Crippen molar-refractivity contribution in [2.75, 3.05) is 33.9 Å². The lowest BCUT2D eigenvalue weighted by atomic mass is 10.1. The molecule has 0 aliphatic heterocycles. The van der Waals surface area contributed by atoms with E-state index in [1.807, 2.05) is 36.4 Å². The summed E-state index contributed by atoms with van der Waals surface area (Å²) in [6.07, 6.45) is 3.84. The maximum Gasteiger partial charge on any atom is 0.328 e. The molecule has 0 saturated carbocycles. The average molecular weight is 499 g/mol. The molecule has 36 heavy (non-hydrogen) atoms. The van der Waals surface area contributed by atoms with Crippen molar-refractivity contribution in [3.8, 4) is 17.0 Å². The highest BCUT2D eigenvalue weighted by Crippen LogP contribution is 2.28. The van der Waals surface area contributed by atoms with Gasteiger partial charge in [0.25, 0.3) is 0 Å². The lowest BCUT2D eigenvalue weighted by Gasteiger charge is -2.10. The standard InChI is InChI=1S/C21H26N4O3.C4H4O4/c1-16(26)27-15-13-25-21-19(6-4-11-22-21)20(23-25)17-7-9-18(10-8-17)28-14-5-12-24(2)3;5-3(6)1-2-4(7)8/h4,6-11H,5,12-15H2,1-3H3;1-2H,(H,5,6)(H,7,8). The Morgan fingerprint density at radius 2 is 1.69 bits per heavy atom. The van der Waals surface area contributed by atoms with Crippen LogP contribution >= 0.6 is 0 Å². The summed E-state index contributed by atoms with van der Waals surface area (Å²) >= 11 is 0. The zero-order chi connectivity index (χ0) is 26.5. The van der Waals surface area contributed by atoms with E-state index in [1.54, 1.807) is 10.9 Å². The number of pyridine rings is 1. The third-order valence-electron chi connectivity index (χ3n) is 4.63. The van der Waals surface area contributed by atoms with E-state index in [9.17, 15) is 14.4 Å². The minimum atomic E-state index is -1.26. The largest absolute Gasteiger partial charge is 0.494 e. The van der Waals surface area contributed by atoms with Crippen LogP contribution in [0.1, 0.15) is 13.3 Å². The van der Waals surface area contributed by atoms with Crippen molar-refractivity contribution in [3.63, 3.8) is 0 Å². The zero-order valence-electron chi connectivity index (χ0n) is 20.5. The maximum absolute atomic E-state index is 11.0. The predicted octanol–water partition coefficient (Wildman–Crippen LogP) is 2.70. The summed E-state index contributed by atoms with van der Waals surface area (Å²) < 4.78 is 12.6. The second-order valence-corrected chi connectivity index (χ2v) is 7.83. The number of carboxylic acids is 2. The van der Waals surface area contributed by atoms with Crippen LogP contribution in [0.2, 0.25) is 0 Å². The maximum atomic E-state index is 11.0. The normalized spacial score (nSPS) is 10.8. The molecule has 192 valence electrons. The van der Waals surface area contributed by atoms with Crippen LogP contribution in [-0.2, 0) is 25.7 Å². The lowest BCUT2D eigenvalue weighted by molar-refractivity contribution is -0.141. The highest BCUT2D eigenvalue weighted by Gasteiger charge is 2.13. The number of benzene rings is 1. The van der Waals surface area contributed by atoms with Crippen LogP contribution in [-0.4, -0.2) is 81.6 Å². The molecular weight excluding hydrogens is 468 g/mol. The first-order valence-electron chi connectivity index (χ1n) is 11.1. The summed E-state index contributed by atoms with van der Waals surface area (Å²) in [5.41, 5.74) is 2.61. The number of hydrogen-bond donors (Lipinski definition) is 2. The number of carboxylic acid groups (broad SMARTS) is 2. The van der Waals surface area contributed by atoms with Gasteiger partial charge in [-0.2, -0.15) is 5.10 Å². The molecule has 1 aromatic carbocycles. The van der Waals surface area contributed by atoms with Crippen LogP contribution in [0.3, 0.4) is 0 Å². The van der Waals surface area contributed by atoms with Crippen molar-refractivity contribution in [1.82, 2.24) is 19.7 Å². The fourth-order valence-electron chi connectivity index (χ4n) is 3.08. The Hall–Kier alpha value is -4.25. The molecule has 0 saturated heterocycles. The summed E-state index contributed by atoms with van der Waals surface area (Å²) in [6, 6.07) is 11.8. The molecule has 2 N–H and O–H groups in total. The first-order chi connectivity index (χ1) is 17.2. The van der Waals surface area contributed by atoms with Crippen LogP contribution in [0.25, 0.3) is 22.3 Å². The van der Waals surface area contributed by atoms with Gasteiger partial charge in [-0.1, -0.05) is 0 Å². The predicted molar refractivity (Wildman–Crippen MR) is 133 cm³/mol. The highest BCUT2D eigenvalue weighted by atomic mass is 16.5. The number of hydrogen-bond acceptors (Lipinski definition) is 8. The van der Waals surface area contributed by atoms with Gasteiger partial charge in [0, 0.05) is 42.8 Å². The van der Waals surface area contributed by atoms with Gasteiger partial charge in [0.1, 0.15) is 18.1 Å². The minimum absolute atomic E-state index is 0.266. The van der Waals surface area contributed by atoms with Crippen LogP contribution in [0, 0.1) is 0 Å². The molecule has 3 aromatic rings. The van der Waals surface area contributed by atoms with E-state index in [-0.39, 0.29) is 12.6 Å². The SMILES string of the molecule is CC(=O)OCCn1nc(-c2ccc(OCCCN(C)C)cc2)c2cccnc21.O=C(O)C=CC(=O)O. The van der Waals surface area contributed by atoms with Gasteiger partial charge in [0.05, 0.1) is 13.2 Å². The van der Waals surface area contributed by atoms with E-state index in [4.69, 9.17) is 24.8 Å². The molecule has 0 aliphatic rings. The molecule has 0 atom stereocenters. The Labute approximate surface area is 208 Å². The van der Waals surface area contributed by atoms with E-state index in [2.05, 4.69) is 24.0 Å². The molecule has 2 aromatic heterocycles. The molecule has 0 unspecified atom stereocenters. The van der Waals surface area contributed by atoms with Crippen molar-refractivity contribution in [2.45, 2.75) is 19.9 Å². The number of carbonyl (C=O) groups excluding carboxylic acids is 1. The second kappa shape index (κ2) is 14.2. The lowest BCUT2D eigenvalue weighted by Crippen LogP contribution is -2.15. The Balaban J connectivity index is 0.000000493. The van der Waals surface area contributed by atoms with Crippen LogP contribution < -0.4 is 4.74 Å². The number of ether oxygens (including phenoxy) is 2. The summed E-state index contributed by atoms with van der Waals surface area (Å²) in [5, 5.41) is 21.3. The van der Waals surface area contributed by atoms with Gasteiger partial charge >= 0.3 is 17.9 Å². The fourth-order valence-corrected chi connectivity index (χ4v) is 3.08. The Morgan fingerprint density at radius 3 is 2.28 bits per heavy atom. The van der Waals surface area contributed by atoms with Gasteiger partial charge in [-0.05, 0) is 56.9 Å². The molecule has 0 bridgehead atoms. The molecular formula is C25H30N4O7. The number of nitrogens with zero attached hydrogens (tertiary/aromatic N) is 4. The monoisotopic (exact) mass is 498 g/mol. The fraction of sp³-hybridized carbons (Fsp3) is 0.320. The van der Waals surface area contributed by atoms with Crippen LogP contribution in [0.5, 0.6) is 5.75 Å². The number of carbonyl (C=O) groups is 3. The van der Waals surface area contributed by atoms with Crippen LogP contribution in [0.4, 0.5) is 0 Å². The van der Waals surface area contributed by atoms with Gasteiger partial charge in [-0.25, -0.2) is 19.3 Å². The Kier molecular flexibility index (Phi) is 11.1. The molecule has 2 heterocycles. The van der Waals surface area contributed by atoms with Crippen LogP contribution in [0.15, 0.2) is 54.7 Å². The van der Waals surface area contributed by atoms with E-state index in [0.717, 1.165) is 41.0 Å². The molecule has 0 amide bonds. The highest BCUT2D eigenvalue weighted by molar-refractivity contribution is 5.91. The van der Waals surface area contributed by atoms with E-state index in [1.165, 1.54) is 6.92 Å². The third-order valence-corrected chi connectivity index (χ3v) is 4.63. The quantitative estimate of drug-likeness (QED) is 0.230. The molecule has 11 heteroatoms. The van der Waals surface area contributed by atoms with Gasteiger partial charge in [-0.3, -0.25) is 4.79 Å². The second-order valence-electron chi connectivity index (χ2n) is 7.83. The van der Waals surface area contributed by atoms with Crippen molar-refractivity contribution in [3.05, 3.63) is 54.7 Å². The number of rotatable bonds is 11. The molecule has 0 radical (unpaired) electrons. The molecule has 0 spiro atoms. The summed E-state index contributed by atoms with van der Waals surface area (Å²) in [4.78, 5) is 36.7. The van der Waals surface area contributed by atoms with Crippen molar-refractivity contribution < 1.29 is 34.1 Å². The average Bonchev–Trinajstić information content (AvgIpc) is 3.20. The minimum Gasteiger partial charge on any atom is -0.494 e. The number of esters is 1. The van der Waals surface area contributed by atoms with Gasteiger partial charge in [0.2, 0.25) is 0 Å². The van der Waals surface area contributed by atoms with E-state index >= 15 is 0 Å². The van der Waals surface area contributed by atoms with Crippen molar-refractivity contribution in [2.24, 2.45) is 0 Å². The molecule has 0 fully saturated rings. The molecule has 3 rings (SSSR count). The summed E-state index contributed by atoms with van der Waals surface area (Å²) in [6.45, 7) is 3.81. The molecule has 0 aliphatic carbocycles. The number of fused-ring (bicyclic) bond motifs is 1. The Bertz CT molecular complexity index is 1170. The number of aliphatic carboxylic acids is 2. The number of aromatic nitrogens is 3. The van der Waals surface area contributed by atoms with Gasteiger partial charge < -0.3 is 24.6 Å².